The molecule has 2 aliphatic rings. The average molecular weight is 315 g/mol. The number of hydrogen-bond acceptors (Lipinski definition) is 3. The third-order valence-electron chi connectivity index (χ3n) is 5.39. The fourth-order valence-electron chi connectivity index (χ4n) is 3.76. The van der Waals surface area contributed by atoms with Crippen LogP contribution in [-0.4, -0.2) is 47.9 Å². The lowest BCUT2D eigenvalue weighted by atomic mass is 10.1. The molecule has 1 aliphatic carbocycles. The van der Waals surface area contributed by atoms with Crippen molar-refractivity contribution < 1.29 is 4.79 Å². The highest BCUT2D eigenvalue weighted by atomic mass is 16.2. The van der Waals surface area contributed by atoms with Crippen LogP contribution in [0.2, 0.25) is 0 Å². The number of benzene rings is 1. The van der Waals surface area contributed by atoms with Gasteiger partial charge in [0.2, 0.25) is 5.91 Å². The summed E-state index contributed by atoms with van der Waals surface area (Å²) in [5.41, 5.74) is 2.60. The first-order valence-corrected chi connectivity index (χ1v) is 8.95. The second-order valence-corrected chi connectivity index (χ2v) is 7.14. The van der Waals surface area contributed by atoms with Crippen LogP contribution in [0.3, 0.4) is 0 Å². The van der Waals surface area contributed by atoms with Gasteiger partial charge in [0.05, 0.1) is 0 Å². The zero-order chi connectivity index (χ0) is 16.2. The Morgan fingerprint density at radius 1 is 1.13 bits per heavy atom. The summed E-state index contributed by atoms with van der Waals surface area (Å²) in [6, 6.07) is 9.54. The van der Waals surface area contributed by atoms with Crippen LogP contribution >= 0.6 is 0 Å². The van der Waals surface area contributed by atoms with Gasteiger partial charge in [-0.2, -0.15) is 0 Å². The topological polar surface area (TPSA) is 35.6 Å². The molecule has 0 aromatic heterocycles. The second-order valence-electron chi connectivity index (χ2n) is 7.14. The molecule has 2 atom stereocenters. The quantitative estimate of drug-likeness (QED) is 0.928. The van der Waals surface area contributed by atoms with Crippen LogP contribution in [0, 0.1) is 5.92 Å². The maximum Gasteiger partial charge on any atom is 0.219 e. The number of carbonyl (C=O) groups is 1. The minimum absolute atomic E-state index is 0.196. The lowest BCUT2D eigenvalue weighted by Gasteiger charge is -2.34. The highest BCUT2D eigenvalue weighted by molar-refractivity contribution is 5.73. The zero-order valence-electron chi connectivity index (χ0n) is 14.4. The van der Waals surface area contributed by atoms with Gasteiger partial charge >= 0.3 is 0 Å². The average Bonchev–Trinajstić information content (AvgIpc) is 2.95. The van der Waals surface area contributed by atoms with E-state index in [0.717, 1.165) is 38.6 Å². The van der Waals surface area contributed by atoms with E-state index >= 15 is 0 Å². The van der Waals surface area contributed by atoms with Crippen molar-refractivity contribution in [3.05, 3.63) is 29.8 Å². The summed E-state index contributed by atoms with van der Waals surface area (Å²) < 4.78 is 0. The van der Waals surface area contributed by atoms with E-state index in [4.69, 9.17) is 0 Å². The molecular formula is C19H29N3O. The molecule has 0 bridgehead atoms. The zero-order valence-corrected chi connectivity index (χ0v) is 14.4. The number of rotatable bonds is 4. The summed E-state index contributed by atoms with van der Waals surface area (Å²) in [5.74, 6) is 0.980. The van der Waals surface area contributed by atoms with E-state index in [0.29, 0.717) is 6.04 Å². The maximum absolute atomic E-state index is 11.4. The van der Waals surface area contributed by atoms with E-state index in [-0.39, 0.29) is 5.91 Å². The molecule has 3 rings (SSSR count). The third kappa shape index (κ3) is 4.25. The summed E-state index contributed by atoms with van der Waals surface area (Å²) >= 11 is 0. The Balaban J connectivity index is 1.49. The van der Waals surface area contributed by atoms with E-state index in [1.165, 1.54) is 30.5 Å². The molecule has 23 heavy (non-hydrogen) atoms. The number of nitrogens with zero attached hydrogens (tertiary/aromatic N) is 2. The molecule has 1 aliphatic heterocycles. The van der Waals surface area contributed by atoms with Crippen LogP contribution in [0.25, 0.3) is 0 Å². The SMILES string of the molecule is CC(=O)N1CCN(Cc2ccc(N[C@@H]3CCC[C@@H]3C)cc2)CC1. The van der Waals surface area contributed by atoms with Crippen molar-refractivity contribution in [1.29, 1.82) is 0 Å². The number of nitrogens with one attached hydrogen (secondary N) is 1. The number of hydrogen-bond donors (Lipinski definition) is 1. The smallest absolute Gasteiger partial charge is 0.219 e. The summed E-state index contributed by atoms with van der Waals surface area (Å²) in [5, 5.41) is 3.68. The maximum atomic E-state index is 11.4. The molecule has 1 saturated carbocycles. The first-order chi connectivity index (χ1) is 11.1. The van der Waals surface area contributed by atoms with Crippen molar-refractivity contribution >= 4 is 11.6 Å². The molecule has 1 aromatic rings. The normalized spacial score (nSPS) is 25.6. The molecule has 1 saturated heterocycles. The lowest BCUT2D eigenvalue weighted by Crippen LogP contribution is -2.47. The van der Waals surface area contributed by atoms with Gasteiger partial charge in [0.15, 0.2) is 0 Å². The lowest BCUT2D eigenvalue weighted by molar-refractivity contribution is -0.130. The van der Waals surface area contributed by atoms with Crippen molar-refractivity contribution in [2.24, 2.45) is 5.92 Å². The van der Waals surface area contributed by atoms with E-state index in [2.05, 4.69) is 41.4 Å². The fourth-order valence-corrected chi connectivity index (χ4v) is 3.76. The monoisotopic (exact) mass is 315 g/mol. The van der Waals surface area contributed by atoms with Crippen LogP contribution in [0.4, 0.5) is 5.69 Å². The molecule has 0 unspecified atom stereocenters. The predicted octanol–water partition coefficient (Wildman–Crippen LogP) is 2.95. The van der Waals surface area contributed by atoms with E-state index in [9.17, 15) is 4.79 Å². The van der Waals surface area contributed by atoms with E-state index in [1.54, 1.807) is 6.92 Å². The minimum Gasteiger partial charge on any atom is -0.382 e. The Bertz CT molecular complexity index is 520. The van der Waals surface area contributed by atoms with Crippen LogP contribution < -0.4 is 5.32 Å². The van der Waals surface area contributed by atoms with E-state index in [1.807, 2.05) is 4.90 Å². The molecule has 4 heteroatoms. The predicted molar refractivity (Wildman–Crippen MR) is 94.4 cm³/mol. The van der Waals surface area contributed by atoms with Crippen molar-refractivity contribution in [2.75, 3.05) is 31.5 Å². The van der Waals surface area contributed by atoms with Crippen molar-refractivity contribution in [3.8, 4) is 0 Å². The molecular weight excluding hydrogens is 286 g/mol. The first kappa shape index (κ1) is 16.3. The summed E-state index contributed by atoms with van der Waals surface area (Å²) in [4.78, 5) is 15.7. The standard InChI is InChI=1S/C19H29N3O/c1-15-4-3-5-19(15)20-18-8-6-17(7-9-18)14-21-10-12-22(13-11-21)16(2)23/h6-9,15,19-20H,3-5,10-14H2,1-2H3/t15-,19+/m0/s1. The van der Waals surface area contributed by atoms with Gasteiger partial charge in [0.1, 0.15) is 0 Å². The minimum atomic E-state index is 0.196. The third-order valence-corrected chi connectivity index (χ3v) is 5.39. The highest BCUT2D eigenvalue weighted by Crippen LogP contribution is 2.28. The number of anilines is 1. The Morgan fingerprint density at radius 2 is 1.83 bits per heavy atom. The van der Waals surface area contributed by atoms with Gasteiger partial charge in [-0.1, -0.05) is 25.5 Å². The van der Waals surface area contributed by atoms with Crippen LogP contribution in [0.1, 0.15) is 38.7 Å². The summed E-state index contributed by atoms with van der Waals surface area (Å²) in [6.45, 7) is 8.64. The fraction of sp³-hybridized carbons (Fsp3) is 0.632. The van der Waals surface area contributed by atoms with Gasteiger partial charge in [-0.05, 0) is 36.5 Å². The Kier molecular flexibility index (Phi) is 5.21. The van der Waals surface area contributed by atoms with Gasteiger partial charge in [-0.15, -0.1) is 0 Å². The Labute approximate surface area is 139 Å². The van der Waals surface area contributed by atoms with E-state index < -0.39 is 0 Å². The number of piperazine rings is 1. The molecule has 0 spiro atoms. The Hall–Kier alpha value is -1.55. The number of amides is 1. The van der Waals surface area contributed by atoms with Gasteiger partial charge in [-0.25, -0.2) is 0 Å². The molecule has 1 aromatic carbocycles. The van der Waals surface area contributed by atoms with Gasteiger partial charge in [-0.3, -0.25) is 9.69 Å². The van der Waals surface area contributed by atoms with Crippen LogP contribution in [-0.2, 0) is 11.3 Å². The van der Waals surface area contributed by atoms with Crippen molar-refractivity contribution in [1.82, 2.24) is 9.80 Å². The largest absolute Gasteiger partial charge is 0.382 e. The molecule has 2 fully saturated rings. The molecule has 1 N–H and O–H groups in total. The summed E-state index contributed by atoms with van der Waals surface area (Å²) in [7, 11) is 0. The molecule has 126 valence electrons. The molecule has 1 heterocycles. The van der Waals surface area contributed by atoms with Gasteiger partial charge in [0, 0.05) is 51.4 Å². The second kappa shape index (κ2) is 7.35. The first-order valence-electron chi connectivity index (χ1n) is 8.95. The molecule has 0 radical (unpaired) electrons. The Morgan fingerprint density at radius 3 is 2.39 bits per heavy atom. The van der Waals surface area contributed by atoms with Gasteiger partial charge < -0.3 is 10.2 Å². The molecule has 1 amide bonds. The summed E-state index contributed by atoms with van der Waals surface area (Å²) in [6.07, 6.45) is 3.99. The van der Waals surface area contributed by atoms with Crippen molar-refractivity contribution in [3.63, 3.8) is 0 Å². The van der Waals surface area contributed by atoms with Crippen LogP contribution in [0.15, 0.2) is 24.3 Å². The highest BCUT2D eigenvalue weighted by Gasteiger charge is 2.23. The van der Waals surface area contributed by atoms with Crippen molar-refractivity contribution in [2.45, 2.75) is 45.7 Å². The van der Waals surface area contributed by atoms with Gasteiger partial charge in [0.25, 0.3) is 0 Å². The number of carbonyl (C=O) groups excluding carboxylic acids is 1. The molecule has 4 nitrogen and oxygen atoms in total. The van der Waals surface area contributed by atoms with Crippen LogP contribution in [0.5, 0.6) is 0 Å².